The van der Waals surface area contributed by atoms with Crippen molar-refractivity contribution in [3.05, 3.63) is 67.9 Å². The summed E-state index contributed by atoms with van der Waals surface area (Å²) in [5, 5.41) is 22.1. The lowest BCUT2D eigenvalue weighted by Crippen LogP contribution is -2.02. The first-order chi connectivity index (χ1) is 11.5. The van der Waals surface area contributed by atoms with Crippen LogP contribution in [0.4, 0.5) is 11.4 Å². The molecule has 24 heavy (non-hydrogen) atoms. The minimum atomic E-state index is -0.858. The van der Waals surface area contributed by atoms with E-state index in [4.69, 9.17) is 0 Å². The maximum atomic E-state index is 12.4. The number of aromatic nitrogens is 2. The van der Waals surface area contributed by atoms with E-state index in [-0.39, 0.29) is 22.5 Å². The fourth-order valence-electron chi connectivity index (χ4n) is 2.73. The van der Waals surface area contributed by atoms with Gasteiger partial charge in [-0.2, -0.15) is 0 Å². The molecule has 2 aromatic carbocycles. The lowest BCUT2D eigenvalue weighted by molar-refractivity contribution is -0.422. The molecule has 0 radical (unpaired) electrons. The van der Waals surface area contributed by atoms with Crippen molar-refractivity contribution in [1.29, 1.82) is 0 Å². The molecular formula is C15H6N4O5. The van der Waals surface area contributed by atoms with E-state index < -0.39 is 21.2 Å². The molecule has 1 aromatic heterocycles. The fraction of sp³-hybridized carbons (Fsp3) is 0. The van der Waals surface area contributed by atoms with Crippen molar-refractivity contribution < 1.29 is 14.6 Å². The van der Waals surface area contributed by atoms with Crippen molar-refractivity contribution in [2.24, 2.45) is 0 Å². The highest BCUT2D eigenvalue weighted by Gasteiger charge is 2.32. The molecular weight excluding hydrogens is 316 g/mol. The second kappa shape index (κ2) is 4.62. The maximum Gasteiger partial charge on any atom is 0.348 e. The first-order valence-electron chi connectivity index (χ1n) is 6.76. The van der Waals surface area contributed by atoms with E-state index in [0.29, 0.717) is 16.8 Å². The highest BCUT2D eigenvalue weighted by atomic mass is 16.6. The molecule has 1 aliphatic carbocycles. The average Bonchev–Trinajstić information content (AvgIpc) is 2.84. The van der Waals surface area contributed by atoms with Crippen molar-refractivity contribution in [3.63, 3.8) is 0 Å². The van der Waals surface area contributed by atoms with Gasteiger partial charge in [0.15, 0.2) is 0 Å². The Morgan fingerprint density at radius 1 is 0.792 bits per heavy atom. The molecule has 0 spiro atoms. The van der Waals surface area contributed by atoms with E-state index in [2.05, 4.69) is 9.97 Å². The number of nitro groups is 2. The molecule has 0 saturated heterocycles. The lowest BCUT2D eigenvalue weighted by atomic mass is 10.1. The number of benzene rings is 2. The molecule has 1 aliphatic rings. The number of nitro benzene ring substituents is 2. The van der Waals surface area contributed by atoms with Crippen LogP contribution in [0, 0.1) is 20.2 Å². The summed E-state index contributed by atoms with van der Waals surface area (Å²) in [4.78, 5) is 41.2. The van der Waals surface area contributed by atoms with Crippen LogP contribution in [0.15, 0.2) is 36.4 Å². The van der Waals surface area contributed by atoms with Gasteiger partial charge in [0.05, 0.1) is 33.0 Å². The molecule has 0 bridgehead atoms. The summed E-state index contributed by atoms with van der Waals surface area (Å²) in [5.41, 5.74) is 0.268. The van der Waals surface area contributed by atoms with Gasteiger partial charge in [0.25, 0.3) is 0 Å². The summed E-state index contributed by atoms with van der Waals surface area (Å²) in [6.07, 6.45) is 0. The van der Waals surface area contributed by atoms with Gasteiger partial charge in [-0.1, -0.05) is 24.3 Å². The highest BCUT2D eigenvalue weighted by Crippen LogP contribution is 2.37. The van der Waals surface area contributed by atoms with E-state index in [0.717, 1.165) is 12.1 Å². The fourth-order valence-corrected chi connectivity index (χ4v) is 2.73. The largest absolute Gasteiger partial charge is 0.348 e. The molecule has 1 heterocycles. The first-order valence-corrected chi connectivity index (χ1v) is 6.76. The van der Waals surface area contributed by atoms with Crippen molar-refractivity contribution in [2.45, 2.75) is 0 Å². The van der Waals surface area contributed by atoms with Crippen molar-refractivity contribution in [1.82, 2.24) is 9.97 Å². The second-order valence-electron chi connectivity index (χ2n) is 5.14. The van der Waals surface area contributed by atoms with Crippen LogP contribution in [0.2, 0.25) is 0 Å². The smallest absolute Gasteiger partial charge is 0.287 e. The molecule has 0 saturated carbocycles. The van der Waals surface area contributed by atoms with Crippen molar-refractivity contribution >= 4 is 28.2 Å². The number of ketones is 1. The topological polar surface area (TPSA) is 129 Å². The third-order valence-corrected chi connectivity index (χ3v) is 3.80. The van der Waals surface area contributed by atoms with Gasteiger partial charge in [-0.15, -0.1) is 0 Å². The predicted molar refractivity (Wildman–Crippen MR) is 81.7 cm³/mol. The summed E-state index contributed by atoms with van der Waals surface area (Å²) in [6, 6.07) is 8.77. The number of rotatable bonds is 2. The summed E-state index contributed by atoms with van der Waals surface area (Å²) in [7, 11) is 0. The van der Waals surface area contributed by atoms with Crippen molar-refractivity contribution in [2.75, 3.05) is 0 Å². The third kappa shape index (κ3) is 1.78. The number of nitrogens with zero attached hydrogens (tertiary/aromatic N) is 4. The number of hydrogen-bond acceptors (Lipinski definition) is 7. The van der Waals surface area contributed by atoms with Crippen LogP contribution in [-0.2, 0) is 0 Å². The van der Waals surface area contributed by atoms with Crippen LogP contribution in [0.25, 0.3) is 22.3 Å². The lowest BCUT2D eigenvalue weighted by Gasteiger charge is -2.02. The Labute approximate surface area is 132 Å². The summed E-state index contributed by atoms with van der Waals surface area (Å²) < 4.78 is 0. The van der Waals surface area contributed by atoms with Gasteiger partial charge in [-0.05, 0) is 0 Å². The molecule has 0 atom stereocenters. The van der Waals surface area contributed by atoms with Crippen LogP contribution in [0.3, 0.4) is 0 Å². The minimum absolute atomic E-state index is 0.0622. The van der Waals surface area contributed by atoms with Gasteiger partial charge in [-0.3, -0.25) is 25.0 Å². The first kappa shape index (κ1) is 13.9. The number of fused-ring (bicyclic) bond motifs is 4. The Morgan fingerprint density at radius 3 is 1.83 bits per heavy atom. The van der Waals surface area contributed by atoms with E-state index in [9.17, 15) is 25.0 Å². The molecule has 0 fully saturated rings. The highest BCUT2D eigenvalue weighted by molar-refractivity contribution is 6.20. The second-order valence-corrected chi connectivity index (χ2v) is 5.14. The molecule has 0 N–H and O–H groups in total. The van der Waals surface area contributed by atoms with Gasteiger partial charge >= 0.3 is 11.4 Å². The SMILES string of the molecule is O=C1c2ccccc2-c2nc3cc([N+](=O)[O-])c([N+](=O)[O-])cc3nc21. The number of hydrogen-bond donors (Lipinski definition) is 0. The normalized spacial score (nSPS) is 12.1. The van der Waals surface area contributed by atoms with Gasteiger partial charge in [-0.25, -0.2) is 9.97 Å². The monoisotopic (exact) mass is 322 g/mol. The van der Waals surface area contributed by atoms with Gasteiger partial charge in [0, 0.05) is 11.1 Å². The Hall–Kier alpha value is -3.75. The Balaban J connectivity index is 2.06. The minimum Gasteiger partial charge on any atom is -0.287 e. The number of carbonyl (C=O) groups is 1. The van der Waals surface area contributed by atoms with Crippen LogP contribution in [0.5, 0.6) is 0 Å². The van der Waals surface area contributed by atoms with Gasteiger partial charge < -0.3 is 0 Å². The van der Waals surface area contributed by atoms with Crippen LogP contribution in [-0.4, -0.2) is 25.6 Å². The summed E-state index contributed by atoms with van der Waals surface area (Å²) in [5.74, 6) is -0.323. The molecule has 0 unspecified atom stereocenters. The summed E-state index contributed by atoms with van der Waals surface area (Å²) >= 11 is 0. The zero-order valence-electron chi connectivity index (χ0n) is 11.8. The van der Waals surface area contributed by atoms with Crippen LogP contribution >= 0.6 is 0 Å². The van der Waals surface area contributed by atoms with E-state index in [1.807, 2.05) is 0 Å². The van der Waals surface area contributed by atoms with E-state index in [1.54, 1.807) is 24.3 Å². The zero-order valence-corrected chi connectivity index (χ0v) is 11.8. The molecule has 9 heteroatoms. The number of carbonyl (C=O) groups excluding carboxylic acids is 1. The zero-order chi connectivity index (χ0) is 17.0. The third-order valence-electron chi connectivity index (χ3n) is 3.80. The van der Waals surface area contributed by atoms with Crippen LogP contribution < -0.4 is 0 Å². The standard InChI is InChI=1S/C15H6N4O5/c20-15-8-4-2-1-3-7(8)13-14(15)17-10-6-12(19(23)24)11(18(21)22)5-9(10)16-13/h1-6H. The van der Waals surface area contributed by atoms with Crippen LogP contribution in [0.1, 0.15) is 16.1 Å². The van der Waals surface area contributed by atoms with Gasteiger partial charge in [0.1, 0.15) is 11.4 Å². The predicted octanol–water partition coefficient (Wildman–Crippen LogP) is 2.66. The molecule has 4 rings (SSSR count). The Bertz CT molecular complexity index is 1090. The van der Waals surface area contributed by atoms with Crippen molar-refractivity contribution in [3.8, 4) is 11.3 Å². The van der Waals surface area contributed by atoms with E-state index >= 15 is 0 Å². The average molecular weight is 322 g/mol. The Kier molecular flexibility index (Phi) is 2.67. The molecule has 116 valence electrons. The summed E-state index contributed by atoms with van der Waals surface area (Å²) in [6.45, 7) is 0. The maximum absolute atomic E-state index is 12.4. The quantitative estimate of drug-likeness (QED) is 0.409. The van der Waals surface area contributed by atoms with E-state index in [1.165, 1.54) is 0 Å². The Morgan fingerprint density at radius 2 is 1.29 bits per heavy atom. The molecule has 0 amide bonds. The molecule has 3 aromatic rings. The molecule has 0 aliphatic heterocycles. The molecule has 9 nitrogen and oxygen atoms in total. The van der Waals surface area contributed by atoms with Gasteiger partial charge in [0.2, 0.25) is 5.78 Å².